The van der Waals surface area contributed by atoms with Crippen LogP contribution in [0, 0.1) is 5.41 Å². The van der Waals surface area contributed by atoms with Crippen LogP contribution < -0.4 is 0 Å². The number of rotatable bonds is 6. The molecular weight excluding hydrogens is 252 g/mol. The van der Waals surface area contributed by atoms with E-state index in [0.29, 0.717) is 18.8 Å². The van der Waals surface area contributed by atoms with Crippen LogP contribution in [0.1, 0.15) is 25.8 Å². The van der Waals surface area contributed by atoms with Crippen LogP contribution in [0.5, 0.6) is 0 Å². The molecule has 3 heteroatoms. The average Bonchev–Trinajstić information content (AvgIpc) is 2.41. The van der Waals surface area contributed by atoms with Gasteiger partial charge in [0.2, 0.25) is 0 Å². The van der Waals surface area contributed by atoms with Gasteiger partial charge in [0.15, 0.2) is 0 Å². The van der Waals surface area contributed by atoms with Crippen molar-refractivity contribution in [3.63, 3.8) is 0 Å². The first-order chi connectivity index (χ1) is 9.57. The second-order valence-electron chi connectivity index (χ2n) is 5.60. The van der Waals surface area contributed by atoms with Crippen LogP contribution >= 0.6 is 0 Å². The van der Waals surface area contributed by atoms with Gasteiger partial charge in [-0.1, -0.05) is 43.8 Å². The molecule has 1 aliphatic heterocycles. The van der Waals surface area contributed by atoms with E-state index in [1.807, 2.05) is 25.1 Å². The van der Waals surface area contributed by atoms with Gasteiger partial charge in [-0.3, -0.25) is 0 Å². The first kappa shape index (κ1) is 14.8. The summed E-state index contributed by atoms with van der Waals surface area (Å²) < 4.78 is 11.0. The molecular formula is C17H22O3. The van der Waals surface area contributed by atoms with Crippen molar-refractivity contribution in [2.24, 2.45) is 5.41 Å². The van der Waals surface area contributed by atoms with E-state index in [9.17, 15) is 4.79 Å². The summed E-state index contributed by atoms with van der Waals surface area (Å²) in [5, 5.41) is 0. The van der Waals surface area contributed by atoms with E-state index in [-0.39, 0.29) is 17.5 Å². The Kier molecular flexibility index (Phi) is 4.61. The van der Waals surface area contributed by atoms with E-state index < -0.39 is 0 Å². The molecule has 1 aromatic carbocycles. The molecule has 0 aromatic heterocycles. The van der Waals surface area contributed by atoms with Gasteiger partial charge in [0, 0.05) is 5.57 Å². The maximum atomic E-state index is 11.8. The number of benzene rings is 1. The second kappa shape index (κ2) is 6.23. The van der Waals surface area contributed by atoms with Crippen LogP contribution in [0.2, 0.25) is 0 Å². The molecule has 0 amide bonds. The van der Waals surface area contributed by atoms with Gasteiger partial charge in [-0.2, -0.15) is 0 Å². The third-order valence-electron chi connectivity index (χ3n) is 3.83. The third kappa shape index (κ3) is 3.10. The number of ether oxygens (including phenoxy) is 2. The molecule has 0 spiro atoms. The lowest BCUT2D eigenvalue weighted by Crippen LogP contribution is -2.54. The van der Waals surface area contributed by atoms with Crippen molar-refractivity contribution in [3.05, 3.63) is 48.0 Å². The molecule has 1 unspecified atom stereocenters. The first-order valence-corrected chi connectivity index (χ1v) is 7.05. The Morgan fingerprint density at radius 2 is 2.05 bits per heavy atom. The molecule has 1 fully saturated rings. The maximum Gasteiger partial charge on any atom is 0.333 e. The predicted octanol–water partition coefficient (Wildman–Crippen LogP) is 3.14. The lowest BCUT2D eigenvalue weighted by atomic mass is 9.74. The Balaban J connectivity index is 2.12. The Labute approximate surface area is 120 Å². The normalized spacial score (nSPS) is 17.9. The molecule has 0 radical (unpaired) electrons. The Bertz CT molecular complexity index is 474. The molecule has 3 nitrogen and oxygen atoms in total. The van der Waals surface area contributed by atoms with Crippen LogP contribution in [0.3, 0.4) is 0 Å². The summed E-state index contributed by atoms with van der Waals surface area (Å²) >= 11 is 0. The van der Waals surface area contributed by atoms with E-state index in [1.54, 1.807) is 6.92 Å². The topological polar surface area (TPSA) is 35.5 Å². The molecule has 108 valence electrons. The minimum absolute atomic E-state index is 0.0960. The molecule has 0 aliphatic carbocycles. The van der Waals surface area contributed by atoms with Gasteiger partial charge in [0.25, 0.3) is 0 Å². The number of hydrogen-bond acceptors (Lipinski definition) is 3. The molecule has 0 bridgehead atoms. The minimum Gasteiger partial charge on any atom is -0.458 e. The molecule has 1 heterocycles. The van der Waals surface area contributed by atoms with E-state index in [2.05, 4.69) is 18.7 Å². The summed E-state index contributed by atoms with van der Waals surface area (Å²) in [4.78, 5) is 11.8. The van der Waals surface area contributed by atoms with Crippen molar-refractivity contribution in [2.75, 3.05) is 13.2 Å². The highest BCUT2D eigenvalue weighted by Crippen LogP contribution is 2.38. The van der Waals surface area contributed by atoms with Gasteiger partial charge >= 0.3 is 5.97 Å². The smallest absolute Gasteiger partial charge is 0.333 e. The van der Waals surface area contributed by atoms with Crippen LogP contribution in [0.25, 0.3) is 0 Å². The summed E-state index contributed by atoms with van der Waals surface area (Å²) in [5.74, 6) is -0.309. The van der Waals surface area contributed by atoms with Crippen LogP contribution in [0.4, 0.5) is 0 Å². The molecule has 1 aliphatic rings. The monoisotopic (exact) mass is 274 g/mol. The quantitative estimate of drug-likeness (QED) is 0.590. The number of carbonyl (C=O) groups is 1. The molecule has 0 N–H and O–H groups in total. The Morgan fingerprint density at radius 3 is 2.50 bits per heavy atom. The standard InChI is InChI=1S/C17H22O3/c1-4-15(20-16(18)13(2)3)17(11-19-12-17)10-14-8-6-5-7-9-14/h5-9,15H,2,4,10-12H2,1,3H3. The zero-order valence-corrected chi connectivity index (χ0v) is 12.2. The number of hydrogen-bond donors (Lipinski definition) is 0. The molecule has 1 saturated heterocycles. The van der Waals surface area contributed by atoms with Gasteiger partial charge in [-0.15, -0.1) is 0 Å². The lowest BCUT2D eigenvalue weighted by molar-refractivity contribution is -0.193. The van der Waals surface area contributed by atoms with Gasteiger partial charge in [0.05, 0.1) is 18.6 Å². The first-order valence-electron chi connectivity index (χ1n) is 7.05. The molecule has 2 rings (SSSR count). The number of carbonyl (C=O) groups excluding carboxylic acids is 1. The van der Waals surface area contributed by atoms with Crippen molar-refractivity contribution in [2.45, 2.75) is 32.8 Å². The second-order valence-corrected chi connectivity index (χ2v) is 5.60. The van der Waals surface area contributed by atoms with Crippen LogP contribution in [0.15, 0.2) is 42.5 Å². The van der Waals surface area contributed by atoms with E-state index in [0.717, 1.165) is 12.8 Å². The summed E-state index contributed by atoms with van der Waals surface area (Å²) in [6.45, 7) is 8.65. The van der Waals surface area contributed by atoms with E-state index in [4.69, 9.17) is 9.47 Å². The number of esters is 1. The maximum absolute atomic E-state index is 11.8. The summed E-state index contributed by atoms with van der Waals surface area (Å²) in [6, 6.07) is 10.3. The SMILES string of the molecule is C=C(C)C(=O)OC(CC)C1(Cc2ccccc2)COC1. The van der Waals surface area contributed by atoms with Gasteiger partial charge in [-0.05, 0) is 25.3 Å². The van der Waals surface area contributed by atoms with Crippen molar-refractivity contribution in [3.8, 4) is 0 Å². The Hall–Kier alpha value is -1.61. The largest absolute Gasteiger partial charge is 0.458 e. The highest BCUT2D eigenvalue weighted by atomic mass is 16.6. The van der Waals surface area contributed by atoms with Crippen LogP contribution in [-0.4, -0.2) is 25.3 Å². The fourth-order valence-electron chi connectivity index (χ4n) is 2.64. The van der Waals surface area contributed by atoms with Gasteiger partial charge in [0.1, 0.15) is 6.10 Å². The summed E-state index contributed by atoms with van der Waals surface area (Å²) in [6.07, 6.45) is 1.53. The van der Waals surface area contributed by atoms with Crippen molar-refractivity contribution < 1.29 is 14.3 Å². The zero-order chi connectivity index (χ0) is 14.6. The van der Waals surface area contributed by atoms with E-state index >= 15 is 0 Å². The minimum atomic E-state index is -0.309. The third-order valence-corrected chi connectivity index (χ3v) is 3.83. The summed E-state index contributed by atoms with van der Waals surface area (Å²) in [7, 11) is 0. The highest BCUT2D eigenvalue weighted by Gasteiger charge is 2.47. The molecule has 0 saturated carbocycles. The van der Waals surface area contributed by atoms with Crippen molar-refractivity contribution in [1.82, 2.24) is 0 Å². The van der Waals surface area contributed by atoms with Gasteiger partial charge < -0.3 is 9.47 Å². The molecule has 1 atom stereocenters. The predicted molar refractivity (Wildman–Crippen MR) is 78.4 cm³/mol. The molecule has 20 heavy (non-hydrogen) atoms. The van der Waals surface area contributed by atoms with Crippen molar-refractivity contribution in [1.29, 1.82) is 0 Å². The summed E-state index contributed by atoms with van der Waals surface area (Å²) in [5.41, 5.74) is 1.60. The average molecular weight is 274 g/mol. The highest BCUT2D eigenvalue weighted by molar-refractivity contribution is 5.87. The Morgan fingerprint density at radius 1 is 1.40 bits per heavy atom. The fraction of sp³-hybridized carbons (Fsp3) is 0.471. The van der Waals surface area contributed by atoms with Crippen molar-refractivity contribution >= 4 is 5.97 Å². The fourth-order valence-corrected chi connectivity index (χ4v) is 2.64. The zero-order valence-electron chi connectivity index (χ0n) is 12.2. The van der Waals surface area contributed by atoms with E-state index in [1.165, 1.54) is 5.56 Å². The molecule has 1 aromatic rings. The van der Waals surface area contributed by atoms with Crippen LogP contribution in [-0.2, 0) is 20.7 Å². The van der Waals surface area contributed by atoms with Gasteiger partial charge in [-0.25, -0.2) is 4.79 Å². The lowest BCUT2D eigenvalue weighted by Gasteiger charge is -2.46.